The predicted molar refractivity (Wildman–Crippen MR) is 97.6 cm³/mol. The Hall–Kier alpha value is -2.63. The molecule has 0 bridgehead atoms. The largest absolute Gasteiger partial charge is 0.494 e. The first kappa shape index (κ1) is 17.2. The van der Waals surface area contributed by atoms with Gasteiger partial charge in [0.05, 0.1) is 18.5 Å². The molecule has 0 aliphatic carbocycles. The number of piperidine rings is 1. The lowest BCUT2D eigenvalue weighted by molar-refractivity contribution is 0.258. The normalized spacial score (nSPS) is 15.6. The highest BCUT2D eigenvalue weighted by atomic mass is 16.5. The summed E-state index contributed by atoms with van der Waals surface area (Å²) in [7, 11) is 0. The first-order valence-corrected chi connectivity index (χ1v) is 8.70. The number of nitrogens with zero attached hydrogens (tertiary/aromatic N) is 4. The number of oxime groups is 1. The van der Waals surface area contributed by atoms with Gasteiger partial charge in [-0.15, -0.1) is 5.10 Å². The molecule has 1 fully saturated rings. The Bertz CT molecular complexity index is 678. The van der Waals surface area contributed by atoms with Gasteiger partial charge in [-0.3, -0.25) is 0 Å². The summed E-state index contributed by atoms with van der Waals surface area (Å²) < 4.78 is 5.82. The lowest BCUT2D eigenvalue weighted by Gasteiger charge is -2.32. The number of hydrogen-bond donors (Lipinski definition) is 1. The fourth-order valence-electron chi connectivity index (χ4n) is 3.07. The van der Waals surface area contributed by atoms with Gasteiger partial charge in [-0.25, -0.2) is 0 Å². The molecule has 6 heteroatoms. The summed E-state index contributed by atoms with van der Waals surface area (Å²) in [6, 6.07) is 11.6. The molecule has 132 valence electrons. The molecule has 0 amide bonds. The van der Waals surface area contributed by atoms with Gasteiger partial charge >= 0.3 is 0 Å². The Morgan fingerprint density at radius 2 is 1.92 bits per heavy atom. The third-order valence-electron chi connectivity index (χ3n) is 4.60. The number of aryl methyl sites for hydroxylation is 1. The van der Waals surface area contributed by atoms with E-state index in [2.05, 4.69) is 26.3 Å². The van der Waals surface area contributed by atoms with Crippen LogP contribution in [0.4, 0.5) is 5.82 Å². The molecular weight excluding hydrogens is 316 g/mol. The molecule has 0 saturated carbocycles. The Morgan fingerprint density at radius 3 is 2.56 bits per heavy atom. The van der Waals surface area contributed by atoms with Gasteiger partial charge in [0.15, 0.2) is 5.82 Å². The molecule has 0 spiro atoms. The molecule has 25 heavy (non-hydrogen) atoms. The van der Waals surface area contributed by atoms with Gasteiger partial charge in [-0.1, -0.05) is 5.16 Å². The average molecular weight is 340 g/mol. The molecule has 0 radical (unpaired) electrons. The summed E-state index contributed by atoms with van der Waals surface area (Å²) in [6.45, 7) is 4.73. The second kappa shape index (κ2) is 8.46. The molecule has 1 aromatic heterocycles. The van der Waals surface area contributed by atoms with Gasteiger partial charge in [0.1, 0.15) is 5.75 Å². The van der Waals surface area contributed by atoms with Crippen molar-refractivity contribution in [3.63, 3.8) is 0 Å². The zero-order valence-electron chi connectivity index (χ0n) is 14.5. The van der Waals surface area contributed by atoms with Crippen LogP contribution in [0.5, 0.6) is 5.75 Å². The van der Waals surface area contributed by atoms with Crippen molar-refractivity contribution in [1.82, 2.24) is 10.2 Å². The zero-order valence-corrected chi connectivity index (χ0v) is 14.5. The Balaban J connectivity index is 1.39. The van der Waals surface area contributed by atoms with E-state index >= 15 is 0 Å². The van der Waals surface area contributed by atoms with E-state index in [9.17, 15) is 0 Å². The van der Waals surface area contributed by atoms with Crippen molar-refractivity contribution >= 4 is 12.0 Å². The van der Waals surface area contributed by atoms with Crippen molar-refractivity contribution in [2.45, 2.75) is 26.2 Å². The zero-order chi connectivity index (χ0) is 17.5. The second-order valence-corrected chi connectivity index (χ2v) is 6.41. The third kappa shape index (κ3) is 4.92. The minimum atomic E-state index is 0.690. The maximum absolute atomic E-state index is 8.51. The number of benzene rings is 1. The lowest BCUT2D eigenvalue weighted by atomic mass is 9.94. The molecule has 0 atom stereocenters. The minimum Gasteiger partial charge on any atom is -0.494 e. The van der Waals surface area contributed by atoms with Crippen molar-refractivity contribution in [2.24, 2.45) is 11.1 Å². The summed E-state index contributed by atoms with van der Waals surface area (Å²) in [5.41, 5.74) is 1.80. The summed E-state index contributed by atoms with van der Waals surface area (Å²) >= 11 is 0. The number of aromatic nitrogens is 2. The SMILES string of the molecule is Cc1ccc(N2CCC(CCOc3ccc(/C=N/O)cc3)CC2)nn1. The molecular formula is C19H24N4O2. The highest BCUT2D eigenvalue weighted by Gasteiger charge is 2.20. The van der Waals surface area contributed by atoms with Crippen LogP contribution < -0.4 is 9.64 Å². The van der Waals surface area contributed by atoms with Crippen LogP contribution in [-0.2, 0) is 0 Å². The van der Waals surface area contributed by atoms with Gasteiger partial charge in [0, 0.05) is 13.1 Å². The summed E-state index contributed by atoms with van der Waals surface area (Å²) in [6.07, 6.45) is 4.78. The van der Waals surface area contributed by atoms with Gasteiger partial charge in [0.2, 0.25) is 0 Å². The standard InChI is InChI=1S/C19H24N4O2/c1-15-2-7-19(22-21-15)23-11-8-16(9-12-23)10-13-25-18-5-3-17(4-6-18)14-20-24/h2-7,14,16,24H,8-13H2,1H3/b20-14+. The molecule has 1 saturated heterocycles. The summed E-state index contributed by atoms with van der Waals surface area (Å²) in [5, 5.41) is 19.9. The van der Waals surface area contributed by atoms with E-state index in [-0.39, 0.29) is 0 Å². The summed E-state index contributed by atoms with van der Waals surface area (Å²) in [4.78, 5) is 2.31. The number of rotatable bonds is 6. The van der Waals surface area contributed by atoms with Crippen LogP contribution in [0, 0.1) is 12.8 Å². The fourth-order valence-corrected chi connectivity index (χ4v) is 3.07. The highest BCUT2D eigenvalue weighted by molar-refractivity contribution is 5.79. The molecule has 1 aromatic carbocycles. The fraction of sp³-hybridized carbons (Fsp3) is 0.421. The van der Waals surface area contributed by atoms with E-state index in [1.54, 1.807) is 0 Å². The second-order valence-electron chi connectivity index (χ2n) is 6.41. The first-order valence-electron chi connectivity index (χ1n) is 8.70. The molecule has 3 rings (SSSR count). The Morgan fingerprint density at radius 1 is 1.16 bits per heavy atom. The molecule has 1 aliphatic heterocycles. The van der Waals surface area contributed by atoms with Gasteiger partial charge < -0.3 is 14.8 Å². The van der Waals surface area contributed by atoms with Crippen LogP contribution in [0.1, 0.15) is 30.5 Å². The monoisotopic (exact) mass is 340 g/mol. The molecule has 2 heterocycles. The van der Waals surface area contributed by atoms with Gasteiger partial charge in [-0.05, 0) is 74.1 Å². The Kier molecular flexibility index (Phi) is 5.82. The van der Waals surface area contributed by atoms with E-state index < -0.39 is 0 Å². The molecule has 1 aliphatic rings. The van der Waals surface area contributed by atoms with E-state index in [0.717, 1.165) is 61.8 Å². The van der Waals surface area contributed by atoms with Crippen LogP contribution in [-0.4, -0.2) is 41.3 Å². The van der Waals surface area contributed by atoms with Crippen molar-refractivity contribution in [1.29, 1.82) is 0 Å². The third-order valence-corrected chi connectivity index (χ3v) is 4.60. The van der Waals surface area contributed by atoms with Crippen molar-refractivity contribution < 1.29 is 9.94 Å². The maximum Gasteiger partial charge on any atom is 0.151 e. The van der Waals surface area contributed by atoms with E-state index in [0.29, 0.717) is 5.92 Å². The molecule has 2 aromatic rings. The van der Waals surface area contributed by atoms with E-state index in [1.165, 1.54) is 6.21 Å². The van der Waals surface area contributed by atoms with Crippen molar-refractivity contribution in [2.75, 3.05) is 24.6 Å². The van der Waals surface area contributed by atoms with E-state index in [4.69, 9.17) is 9.94 Å². The van der Waals surface area contributed by atoms with Crippen LogP contribution >= 0.6 is 0 Å². The van der Waals surface area contributed by atoms with Gasteiger partial charge in [0.25, 0.3) is 0 Å². The topological polar surface area (TPSA) is 70.8 Å². The van der Waals surface area contributed by atoms with Gasteiger partial charge in [-0.2, -0.15) is 5.10 Å². The Labute approximate surface area is 148 Å². The average Bonchev–Trinajstić information content (AvgIpc) is 2.65. The van der Waals surface area contributed by atoms with Crippen molar-refractivity contribution in [3.05, 3.63) is 47.7 Å². The number of hydrogen-bond acceptors (Lipinski definition) is 6. The highest BCUT2D eigenvalue weighted by Crippen LogP contribution is 2.24. The van der Waals surface area contributed by atoms with Crippen LogP contribution in [0.2, 0.25) is 0 Å². The van der Waals surface area contributed by atoms with Crippen LogP contribution in [0.15, 0.2) is 41.6 Å². The predicted octanol–water partition coefficient (Wildman–Crippen LogP) is 3.28. The number of anilines is 1. The van der Waals surface area contributed by atoms with Crippen molar-refractivity contribution in [3.8, 4) is 5.75 Å². The quantitative estimate of drug-likeness (QED) is 0.496. The lowest BCUT2D eigenvalue weighted by Crippen LogP contribution is -2.34. The smallest absolute Gasteiger partial charge is 0.151 e. The molecule has 0 unspecified atom stereocenters. The van der Waals surface area contributed by atoms with Crippen LogP contribution in [0.3, 0.4) is 0 Å². The summed E-state index contributed by atoms with van der Waals surface area (Å²) in [5.74, 6) is 2.52. The molecule has 1 N–H and O–H groups in total. The van der Waals surface area contributed by atoms with Crippen LogP contribution in [0.25, 0.3) is 0 Å². The maximum atomic E-state index is 8.51. The minimum absolute atomic E-state index is 0.690. The van der Waals surface area contributed by atoms with E-state index in [1.807, 2.05) is 37.3 Å². The molecule has 6 nitrogen and oxygen atoms in total. The first-order chi connectivity index (χ1) is 12.2. The number of ether oxygens (including phenoxy) is 1.